The molecule has 0 aliphatic rings. The highest BCUT2D eigenvalue weighted by Gasteiger charge is 2.03. The predicted molar refractivity (Wildman–Crippen MR) is 92.6 cm³/mol. The minimum Gasteiger partial charge on any atom is -0.356 e. The molecular weight excluding hydrogens is 318 g/mol. The third-order valence-electron chi connectivity index (χ3n) is 2.54. The summed E-state index contributed by atoms with van der Waals surface area (Å²) >= 11 is 0. The van der Waals surface area contributed by atoms with Crippen molar-refractivity contribution < 1.29 is 9.59 Å². The molecule has 0 saturated carbocycles. The zero-order valence-corrected chi connectivity index (χ0v) is 14.3. The molecule has 0 saturated heterocycles. The number of nitrogens with one attached hydrogen (secondary N) is 2. The van der Waals surface area contributed by atoms with Crippen molar-refractivity contribution in [2.24, 2.45) is 0 Å². The van der Waals surface area contributed by atoms with Crippen LogP contribution in [0, 0.1) is 0 Å². The Labute approximate surface area is 139 Å². The Morgan fingerprint density at radius 2 is 2.05 bits per heavy atom. The number of aromatic nitrogens is 1. The molecule has 5 nitrogen and oxygen atoms in total. The summed E-state index contributed by atoms with van der Waals surface area (Å²) in [5, 5.41) is 6.50. The number of pyridine rings is 1. The molecule has 120 valence electrons. The first-order chi connectivity index (χ1) is 10.6. The van der Waals surface area contributed by atoms with E-state index in [0.717, 1.165) is 10.8 Å². The zero-order chi connectivity index (χ0) is 16.2. The first kappa shape index (κ1) is 18.6. The number of nitrogens with zero attached hydrogens (tertiary/aromatic N) is 1. The molecule has 0 radical (unpaired) electrons. The summed E-state index contributed by atoms with van der Waals surface area (Å²) in [6.07, 6.45) is 2.94. The van der Waals surface area contributed by atoms with Gasteiger partial charge in [-0.15, -0.1) is 0 Å². The van der Waals surface area contributed by atoms with Crippen LogP contribution in [0.5, 0.6) is 0 Å². The third-order valence-corrected chi connectivity index (χ3v) is 4.81. The molecule has 0 spiro atoms. The summed E-state index contributed by atoms with van der Waals surface area (Å²) in [7, 11) is 3.18. The van der Waals surface area contributed by atoms with Crippen molar-refractivity contribution in [2.75, 3.05) is 18.8 Å². The Hall–Kier alpha value is -1.47. The Kier molecular flexibility index (Phi) is 9.41. The second-order valence-corrected chi connectivity index (χ2v) is 7.00. The van der Waals surface area contributed by atoms with Crippen molar-refractivity contribution >= 4 is 33.4 Å². The lowest BCUT2D eigenvalue weighted by Gasteiger charge is -2.06. The van der Waals surface area contributed by atoms with Crippen molar-refractivity contribution in [3.05, 3.63) is 36.5 Å². The third kappa shape index (κ3) is 8.74. The van der Waals surface area contributed by atoms with Gasteiger partial charge in [-0.2, -0.15) is 0 Å². The van der Waals surface area contributed by atoms with Crippen LogP contribution >= 0.6 is 21.6 Å². The van der Waals surface area contributed by atoms with E-state index in [1.807, 2.05) is 18.2 Å². The van der Waals surface area contributed by atoms with Crippen LogP contribution in [0.1, 0.15) is 19.8 Å². The molecule has 0 aliphatic heterocycles. The molecule has 0 aliphatic carbocycles. The van der Waals surface area contributed by atoms with Gasteiger partial charge in [0.2, 0.25) is 11.8 Å². The van der Waals surface area contributed by atoms with E-state index in [1.54, 1.807) is 34.7 Å². The SMILES string of the molecule is C=C(C)C(=O)NCCCNC(=O)CCSSc1ccccn1. The standard InChI is InChI=1S/C15H21N3O2S2/c1-12(2)15(20)18-10-5-9-16-13(19)7-11-21-22-14-6-3-4-8-17-14/h3-4,6,8H,1,5,7,9-11H2,2H3,(H,16,19)(H,18,20). The van der Waals surface area contributed by atoms with Crippen molar-refractivity contribution in [3.8, 4) is 0 Å². The molecular formula is C15H21N3O2S2. The van der Waals surface area contributed by atoms with E-state index in [9.17, 15) is 9.59 Å². The van der Waals surface area contributed by atoms with Gasteiger partial charge in [-0.05, 0) is 36.3 Å². The van der Waals surface area contributed by atoms with Crippen LogP contribution in [-0.4, -0.2) is 35.6 Å². The van der Waals surface area contributed by atoms with Crippen LogP contribution in [0.15, 0.2) is 41.6 Å². The van der Waals surface area contributed by atoms with Gasteiger partial charge in [-0.25, -0.2) is 4.98 Å². The van der Waals surface area contributed by atoms with E-state index >= 15 is 0 Å². The fourth-order valence-corrected chi connectivity index (χ4v) is 3.26. The van der Waals surface area contributed by atoms with Crippen LogP contribution in [0.3, 0.4) is 0 Å². The van der Waals surface area contributed by atoms with E-state index in [4.69, 9.17) is 0 Å². The molecule has 0 unspecified atom stereocenters. The fourth-order valence-electron chi connectivity index (χ4n) is 1.39. The highest BCUT2D eigenvalue weighted by molar-refractivity contribution is 8.76. The molecule has 22 heavy (non-hydrogen) atoms. The van der Waals surface area contributed by atoms with Gasteiger partial charge < -0.3 is 10.6 Å². The number of rotatable bonds is 10. The lowest BCUT2D eigenvalue weighted by atomic mass is 10.3. The lowest BCUT2D eigenvalue weighted by molar-refractivity contribution is -0.120. The highest BCUT2D eigenvalue weighted by Crippen LogP contribution is 2.29. The van der Waals surface area contributed by atoms with Gasteiger partial charge in [0.25, 0.3) is 0 Å². The molecule has 1 rings (SSSR count). The maximum atomic E-state index is 11.6. The molecule has 0 aromatic carbocycles. The molecule has 1 aromatic heterocycles. The molecule has 0 fully saturated rings. The lowest BCUT2D eigenvalue weighted by Crippen LogP contribution is -2.30. The van der Waals surface area contributed by atoms with Crippen LogP contribution in [-0.2, 0) is 9.59 Å². The minimum absolute atomic E-state index is 0.0281. The summed E-state index contributed by atoms with van der Waals surface area (Å²) in [5.74, 6) is 0.619. The monoisotopic (exact) mass is 339 g/mol. The predicted octanol–water partition coefficient (Wildman–Crippen LogP) is 2.41. The summed E-state index contributed by atoms with van der Waals surface area (Å²) in [5.41, 5.74) is 0.492. The number of carbonyl (C=O) groups is 2. The molecule has 2 N–H and O–H groups in total. The Bertz CT molecular complexity index is 495. The van der Waals surface area contributed by atoms with Crippen molar-refractivity contribution in [2.45, 2.75) is 24.8 Å². The summed E-state index contributed by atoms with van der Waals surface area (Å²) in [6.45, 7) is 6.32. The van der Waals surface area contributed by atoms with Crippen molar-refractivity contribution in [3.63, 3.8) is 0 Å². The largest absolute Gasteiger partial charge is 0.356 e. The quantitative estimate of drug-likeness (QED) is 0.389. The number of hydrogen-bond acceptors (Lipinski definition) is 5. The summed E-state index contributed by atoms with van der Waals surface area (Å²) in [6, 6.07) is 5.76. The Morgan fingerprint density at radius 1 is 1.27 bits per heavy atom. The number of carbonyl (C=O) groups excluding carboxylic acids is 2. The molecule has 7 heteroatoms. The molecule has 0 atom stereocenters. The van der Waals surface area contributed by atoms with E-state index in [2.05, 4.69) is 22.2 Å². The molecule has 0 bridgehead atoms. The Balaban J connectivity index is 1.97. The Morgan fingerprint density at radius 3 is 2.73 bits per heavy atom. The van der Waals surface area contributed by atoms with Crippen LogP contribution in [0.4, 0.5) is 0 Å². The highest BCUT2D eigenvalue weighted by atomic mass is 33.1. The second kappa shape index (κ2) is 11.1. The average Bonchev–Trinajstić information content (AvgIpc) is 2.52. The smallest absolute Gasteiger partial charge is 0.246 e. The van der Waals surface area contributed by atoms with Gasteiger partial charge in [-0.1, -0.05) is 23.4 Å². The van der Waals surface area contributed by atoms with Crippen molar-refractivity contribution in [1.29, 1.82) is 0 Å². The van der Waals surface area contributed by atoms with Gasteiger partial charge in [-0.3, -0.25) is 9.59 Å². The number of amides is 2. The van der Waals surface area contributed by atoms with Gasteiger partial charge in [0, 0.05) is 37.0 Å². The average molecular weight is 339 g/mol. The van der Waals surface area contributed by atoms with Crippen LogP contribution in [0.25, 0.3) is 0 Å². The first-order valence-corrected chi connectivity index (χ1v) is 9.32. The zero-order valence-electron chi connectivity index (χ0n) is 12.6. The van der Waals surface area contributed by atoms with E-state index < -0.39 is 0 Å². The van der Waals surface area contributed by atoms with E-state index in [1.165, 1.54) is 0 Å². The molecule has 1 aromatic rings. The molecule has 2 amide bonds. The maximum Gasteiger partial charge on any atom is 0.246 e. The topological polar surface area (TPSA) is 71.1 Å². The van der Waals surface area contributed by atoms with Crippen LogP contribution in [0.2, 0.25) is 0 Å². The van der Waals surface area contributed by atoms with Gasteiger partial charge in [0.15, 0.2) is 0 Å². The normalized spacial score (nSPS) is 10.0. The minimum atomic E-state index is -0.144. The van der Waals surface area contributed by atoms with E-state index in [-0.39, 0.29) is 11.8 Å². The van der Waals surface area contributed by atoms with Gasteiger partial charge in [0.05, 0.1) is 0 Å². The van der Waals surface area contributed by atoms with E-state index in [0.29, 0.717) is 31.5 Å². The number of hydrogen-bond donors (Lipinski definition) is 2. The summed E-state index contributed by atoms with van der Waals surface area (Å²) < 4.78 is 0. The van der Waals surface area contributed by atoms with Gasteiger partial charge >= 0.3 is 0 Å². The maximum absolute atomic E-state index is 11.6. The first-order valence-electron chi connectivity index (χ1n) is 7.00. The van der Waals surface area contributed by atoms with Gasteiger partial charge in [0.1, 0.15) is 5.03 Å². The molecule has 1 heterocycles. The van der Waals surface area contributed by atoms with Crippen LogP contribution < -0.4 is 10.6 Å². The second-order valence-electron chi connectivity index (χ2n) is 4.56. The van der Waals surface area contributed by atoms with Crippen molar-refractivity contribution in [1.82, 2.24) is 15.6 Å². The fraction of sp³-hybridized carbons (Fsp3) is 0.400. The summed E-state index contributed by atoms with van der Waals surface area (Å²) in [4.78, 5) is 27.0.